The average molecular weight is 232 g/mol. The highest BCUT2D eigenvalue weighted by Gasteiger charge is 2.32. The maximum atomic E-state index is 2.42. The molecule has 0 bridgehead atoms. The molecule has 88 valence electrons. The van der Waals surface area contributed by atoms with Crippen LogP contribution in [0.25, 0.3) is 6.08 Å². The first kappa shape index (κ1) is 10.1. The molecule has 0 fully saturated rings. The zero-order chi connectivity index (χ0) is 12.3. The van der Waals surface area contributed by atoms with Gasteiger partial charge in [-0.1, -0.05) is 42.5 Å². The molecular formula is C18H16. The van der Waals surface area contributed by atoms with E-state index in [1.54, 1.807) is 5.56 Å². The fraction of sp³-hybridized carbons (Fsp3) is 0.222. The monoisotopic (exact) mass is 232 g/mol. The molecule has 1 atom stereocenters. The Bertz CT molecular complexity index is 678. The number of aryl methyl sites for hydroxylation is 1. The Labute approximate surface area is 108 Å². The van der Waals surface area contributed by atoms with Crippen LogP contribution in [-0.4, -0.2) is 0 Å². The van der Waals surface area contributed by atoms with Gasteiger partial charge in [0.2, 0.25) is 0 Å². The van der Waals surface area contributed by atoms with E-state index in [1.807, 2.05) is 0 Å². The van der Waals surface area contributed by atoms with Crippen molar-refractivity contribution in [3.05, 3.63) is 75.4 Å². The Morgan fingerprint density at radius 3 is 2.83 bits per heavy atom. The third-order valence-electron chi connectivity index (χ3n) is 4.49. The molecule has 0 spiro atoms. The molecule has 0 aromatic heterocycles. The number of rotatable bonds is 0. The van der Waals surface area contributed by atoms with Gasteiger partial charge in [-0.3, -0.25) is 0 Å². The lowest BCUT2D eigenvalue weighted by Crippen LogP contribution is -2.19. The molecule has 0 N–H and O–H groups in total. The van der Waals surface area contributed by atoms with Gasteiger partial charge in [-0.2, -0.15) is 0 Å². The van der Waals surface area contributed by atoms with Gasteiger partial charge in [-0.05, 0) is 59.2 Å². The van der Waals surface area contributed by atoms with Crippen LogP contribution in [0.5, 0.6) is 0 Å². The van der Waals surface area contributed by atoms with Gasteiger partial charge in [0, 0.05) is 5.92 Å². The molecular weight excluding hydrogens is 216 g/mol. The summed E-state index contributed by atoms with van der Waals surface area (Å²) in [4.78, 5) is 0. The Hall–Kier alpha value is -1.82. The van der Waals surface area contributed by atoms with E-state index < -0.39 is 0 Å². The van der Waals surface area contributed by atoms with Crippen molar-refractivity contribution in [3.63, 3.8) is 0 Å². The fourth-order valence-electron chi connectivity index (χ4n) is 3.50. The van der Waals surface area contributed by atoms with Crippen LogP contribution in [0.3, 0.4) is 0 Å². The zero-order valence-electron chi connectivity index (χ0n) is 10.8. The maximum absolute atomic E-state index is 2.42. The van der Waals surface area contributed by atoms with E-state index in [2.05, 4.69) is 56.4 Å². The Morgan fingerprint density at radius 2 is 1.94 bits per heavy atom. The second-order valence-corrected chi connectivity index (χ2v) is 5.52. The van der Waals surface area contributed by atoms with Crippen molar-refractivity contribution < 1.29 is 0 Å². The van der Waals surface area contributed by atoms with Crippen molar-refractivity contribution in [2.24, 2.45) is 0 Å². The zero-order valence-corrected chi connectivity index (χ0v) is 10.8. The topological polar surface area (TPSA) is 0 Å². The van der Waals surface area contributed by atoms with Crippen LogP contribution in [0.2, 0.25) is 0 Å². The number of hydrogen-bond acceptors (Lipinski definition) is 0. The highest BCUT2D eigenvalue weighted by molar-refractivity contribution is 5.74. The second-order valence-electron chi connectivity index (χ2n) is 5.52. The SMILES string of the molecule is CC1=CC=C2C=Cc3c(C)ccc4c3C2C1=CC4. The van der Waals surface area contributed by atoms with E-state index in [1.165, 1.54) is 33.4 Å². The van der Waals surface area contributed by atoms with Gasteiger partial charge in [0.15, 0.2) is 0 Å². The third kappa shape index (κ3) is 1.16. The van der Waals surface area contributed by atoms with Crippen LogP contribution in [0, 0.1) is 6.92 Å². The lowest BCUT2D eigenvalue weighted by molar-refractivity contribution is 0.869. The number of hydrogen-bond donors (Lipinski definition) is 0. The lowest BCUT2D eigenvalue weighted by atomic mass is 9.68. The van der Waals surface area contributed by atoms with Gasteiger partial charge in [0.05, 0.1) is 0 Å². The normalized spacial score (nSPS) is 23.0. The molecule has 3 aliphatic carbocycles. The summed E-state index contributed by atoms with van der Waals surface area (Å²) in [5, 5.41) is 0. The summed E-state index contributed by atoms with van der Waals surface area (Å²) in [6.07, 6.45) is 12.6. The average Bonchev–Trinajstić information content (AvgIpc) is 2.40. The molecule has 0 saturated carbocycles. The smallest absolute Gasteiger partial charge is 0.0348 e. The van der Waals surface area contributed by atoms with Crippen LogP contribution in [0.4, 0.5) is 0 Å². The van der Waals surface area contributed by atoms with Crippen molar-refractivity contribution in [1.29, 1.82) is 0 Å². The fourth-order valence-corrected chi connectivity index (χ4v) is 3.50. The first-order valence-corrected chi connectivity index (χ1v) is 6.65. The molecule has 0 aliphatic heterocycles. The third-order valence-corrected chi connectivity index (χ3v) is 4.49. The maximum Gasteiger partial charge on any atom is 0.0348 e. The summed E-state index contributed by atoms with van der Waals surface area (Å²) in [6.45, 7) is 4.45. The molecule has 3 aliphatic rings. The van der Waals surface area contributed by atoms with Crippen molar-refractivity contribution in [2.45, 2.75) is 26.2 Å². The minimum absolute atomic E-state index is 0.499. The summed E-state index contributed by atoms with van der Waals surface area (Å²) in [6, 6.07) is 4.57. The van der Waals surface area contributed by atoms with Crippen molar-refractivity contribution >= 4 is 6.08 Å². The molecule has 0 heteroatoms. The first-order valence-electron chi connectivity index (χ1n) is 6.65. The van der Waals surface area contributed by atoms with Crippen molar-refractivity contribution in [2.75, 3.05) is 0 Å². The molecule has 18 heavy (non-hydrogen) atoms. The number of benzene rings is 1. The van der Waals surface area contributed by atoms with Crippen molar-refractivity contribution in [3.8, 4) is 0 Å². The molecule has 4 rings (SSSR count). The quantitative estimate of drug-likeness (QED) is 0.619. The molecule has 0 heterocycles. The molecule has 0 saturated heterocycles. The van der Waals surface area contributed by atoms with Gasteiger partial charge >= 0.3 is 0 Å². The predicted molar refractivity (Wildman–Crippen MR) is 76.6 cm³/mol. The molecule has 0 nitrogen and oxygen atoms in total. The summed E-state index contributed by atoms with van der Waals surface area (Å²) < 4.78 is 0. The molecule has 1 aromatic carbocycles. The van der Waals surface area contributed by atoms with Gasteiger partial charge in [-0.25, -0.2) is 0 Å². The van der Waals surface area contributed by atoms with E-state index in [-0.39, 0.29) is 0 Å². The van der Waals surface area contributed by atoms with E-state index >= 15 is 0 Å². The van der Waals surface area contributed by atoms with Gasteiger partial charge in [-0.15, -0.1) is 0 Å². The first-order chi connectivity index (χ1) is 8.75. The Morgan fingerprint density at radius 1 is 1.06 bits per heavy atom. The largest absolute Gasteiger partial charge is 0.0757 e. The highest BCUT2D eigenvalue weighted by Crippen LogP contribution is 2.48. The Balaban J connectivity index is 2.08. The van der Waals surface area contributed by atoms with E-state index in [0.29, 0.717) is 5.92 Å². The van der Waals surface area contributed by atoms with Crippen LogP contribution >= 0.6 is 0 Å². The standard InChI is InChI=1S/C18H16/c1-11-3-5-13-8-10-16-12(2)4-6-14-7-9-15(11)17(13)18(14)16/h3-7,9-10,18H,8H2,1-2H3. The minimum atomic E-state index is 0.499. The predicted octanol–water partition coefficient (Wildman–Crippen LogP) is 4.47. The molecule has 0 radical (unpaired) electrons. The van der Waals surface area contributed by atoms with Gasteiger partial charge in [0.1, 0.15) is 0 Å². The highest BCUT2D eigenvalue weighted by atomic mass is 14.4. The van der Waals surface area contributed by atoms with Gasteiger partial charge in [0.25, 0.3) is 0 Å². The second kappa shape index (κ2) is 3.35. The summed E-state index contributed by atoms with van der Waals surface area (Å²) in [5.74, 6) is 0.499. The minimum Gasteiger partial charge on any atom is -0.0757 e. The summed E-state index contributed by atoms with van der Waals surface area (Å²) >= 11 is 0. The molecule has 1 aromatic rings. The van der Waals surface area contributed by atoms with E-state index in [9.17, 15) is 0 Å². The van der Waals surface area contributed by atoms with Crippen LogP contribution in [0.1, 0.15) is 35.1 Å². The van der Waals surface area contributed by atoms with Crippen LogP contribution in [-0.2, 0) is 6.42 Å². The van der Waals surface area contributed by atoms with E-state index in [4.69, 9.17) is 0 Å². The number of allylic oxidation sites excluding steroid dienone is 7. The van der Waals surface area contributed by atoms with Gasteiger partial charge < -0.3 is 0 Å². The van der Waals surface area contributed by atoms with Crippen LogP contribution in [0.15, 0.2) is 53.2 Å². The van der Waals surface area contributed by atoms with Crippen molar-refractivity contribution in [1.82, 2.24) is 0 Å². The summed E-state index contributed by atoms with van der Waals surface area (Å²) in [7, 11) is 0. The van der Waals surface area contributed by atoms with Crippen LogP contribution < -0.4 is 0 Å². The van der Waals surface area contributed by atoms with E-state index in [0.717, 1.165) is 6.42 Å². The molecule has 1 unspecified atom stereocenters. The molecule has 0 amide bonds. The lowest BCUT2D eigenvalue weighted by Gasteiger charge is -2.35. The Kier molecular flexibility index (Phi) is 1.89. The summed E-state index contributed by atoms with van der Waals surface area (Å²) in [5.41, 5.74) is 10.3.